The van der Waals surface area contributed by atoms with E-state index in [1.54, 1.807) is 0 Å². The summed E-state index contributed by atoms with van der Waals surface area (Å²) in [6.07, 6.45) is 26.2. The summed E-state index contributed by atoms with van der Waals surface area (Å²) in [6.45, 7) is 5.91. The molecule has 214 valence electrons. The molecule has 4 heteroatoms. The van der Waals surface area contributed by atoms with E-state index >= 15 is 0 Å². The number of ether oxygens (including phenoxy) is 2. The summed E-state index contributed by atoms with van der Waals surface area (Å²) in [4.78, 5) is 0. The van der Waals surface area contributed by atoms with E-state index in [-0.39, 0.29) is 0 Å². The second kappa shape index (κ2) is 25.9. The van der Waals surface area contributed by atoms with Crippen molar-refractivity contribution in [3.05, 3.63) is 23.3 Å². The van der Waals surface area contributed by atoms with Gasteiger partial charge in [0.15, 0.2) is 0 Å². The molecule has 0 bridgehead atoms. The van der Waals surface area contributed by atoms with Gasteiger partial charge in [0.1, 0.15) is 11.5 Å². The molecule has 0 saturated heterocycles. The smallest absolute Gasteiger partial charge is 0.136 e. The maximum atomic E-state index is 6.13. The minimum atomic E-state index is 0.685. The van der Waals surface area contributed by atoms with Gasteiger partial charge >= 0.3 is 0 Å². The van der Waals surface area contributed by atoms with Crippen molar-refractivity contribution in [2.24, 2.45) is 0 Å². The first-order chi connectivity index (χ1) is 18.8. The van der Waals surface area contributed by atoms with Gasteiger partial charge in [-0.25, -0.2) is 0 Å². The molecular formula is C34H54O2S2. The number of thiol groups is 2. The molecule has 0 N–H and O–H groups in total. The lowest BCUT2D eigenvalue weighted by atomic mass is 10.1. The van der Waals surface area contributed by atoms with Gasteiger partial charge in [-0.15, -0.1) is 0 Å². The molecule has 0 saturated carbocycles. The number of hydrogen-bond acceptors (Lipinski definition) is 4. The predicted molar refractivity (Wildman–Crippen MR) is 173 cm³/mol. The van der Waals surface area contributed by atoms with Gasteiger partial charge in [0.05, 0.1) is 24.3 Å². The number of rotatable bonds is 24. The summed E-state index contributed by atoms with van der Waals surface area (Å²) in [5.41, 5.74) is 1.60. The van der Waals surface area contributed by atoms with Crippen LogP contribution in [0, 0.1) is 22.3 Å². The highest BCUT2D eigenvalue weighted by atomic mass is 32.1. The van der Waals surface area contributed by atoms with E-state index in [2.05, 4.69) is 61.5 Å². The minimum absolute atomic E-state index is 0.685. The van der Waals surface area contributed by atoms with E-state index in [9.17, 15) is 0 Å². The summed E-state index contributed by atoms with van der Waals surface area (Å²) in [7, 11) is 0. The standard InChI is InChI=1S/C34H54O2S2/c1-3-5-7-9-11-13-15-17-19-21-25-35-33-29-32(24-28-38)34(30-31(33)23-27-37)36-26-22-20-18-16-14-12-10-8-6-4-2/h29-30,37-38H,3-22,25-26H2,1-2H3. The van der Waals surface area contributed by atoms with Crippen molar-refractivity contribution in [2.75, 3.05) is 13.2 Å². The molecule has 1 aromatic rings. The zero-order valence-electron chi connectivity index (χ0n) is 24.4. The van der Waals surface area contributed by atoms with Crippen molar-refractivity contribution >= 4 is 25.3 Å². The fraction of sp³-hybridized carbons (Fsp3) is 0.706. The van der Waals surface area contributed by atoms with Gasteiger partial charge in [0, 0.05) is 12.1 Å². The van der Waals surface area contributed by atoms with E-state index in [0.717, 1.165) is 35.5 Å². The number of unbranched alkanes of at least 4 members (excludes halogenated alkanes) is 18. The van der Waals surface area contributed by atoms with Crippen LogP contribution < -0.4 is 9.47 Å². The zero-order chi connectivity index (χ0) is 27.5. The van der Waals surface area contributed by atoms with E-state index in [0.29, 0.717) is 13.2 Å². The zero-order valence-corrected chi connectivity index (χ0v) is 26.2. The maximum Gasteiger partial charge on any atom is 0.136 e. The van der Waals surface area contributed by atoms with Crippen molar-refractivity contribution in [2.45, 2.75) is 142 Å². The Hall–Kier alpha value is -1.36. The Kier molecular flexibility index (Phi) is 23.6. The summed E-state index contributed by atoms with van der Waals surface area (Å²) in [5, 5.41) is 5.43. The monoisotopic (exact) mass is 558 g/mol. The van der Waals surface area contributed by atoms with Crippen LogP contribution in [0.2, 0.25) is 0 Å². The van der Waals surface area contributed by atoms with Gasteiger partial charge < -0.3 is 9.47 Å². The first-order valence-electron chi connectivity index (χ1n) is 15.5. The van der Waals surface area contributed by atoms with Crippen LogP contribution in [0.4, 0.5) is 0 Å². The van der Waals surface area contributed by atoms with E-state index in [1.165, 1.54) is 116 Å². The average molecular weight is 559 g/mol. The Bertz CT molecular complexity index is 759. The Morgan fingerprint density at radius 2 is 0.763 bits per heavy atom. The van der Waals surface area contributed by atoms with Gasteiger partial charge in [0.2, 0.25) is 0 Å². The molecule has 0 radical (unpaired) electrons. The van der Waals surface area contributed by atoms with Crippen LogP contribution >= 0.6 is 25.3 Å². The van der Waals surface area contributed by atoms with Crippen molar-refractivity contribution in [1.82, 2.24) is 0 Å². The molecule has 0 aliphatic heterocycles. The third-order valence-electron chi connectivity index (χ3n) is 6.97. The summed E-state index contributed by atoms with van der Waals surface area (Å²) in [6, 6.07) is 3.89. The lowest BCUT2D eigenvalue weighted by Gasteiger charge is -2.13. The van der Waals surface area contributed by atoms with Crippen LogP contribution in [-0.4, -0.2) is 13.2 Å². The first kappa shape index (κ1) is 34.7. The lowest BCUT2D eigenvalue weighted by Crippen LogP contribution is -2.03. The van der Waals surface area contributed by atoms with Crippen molar-refractivity contribution in [1.29, 1.82) is 0 Å². The van der Waals surface area contributed by atoms with Crippen molar-refractivity contribution < 1.29 is 9.47 Å². The van der Waals surface area contributed by atoms with Crippen LogP contribution in [0.25, 0.3) is 0 Å². The lowest BCUT2D eigenvalue weighted by molar-refractivity contribution is 0.295. The van der Waals surface area contributed by atoms with Crippen LogP contribution in [0.1, 0.15) is 153 Å². The normalized spacial score (nSPS) is 10.4. The molecule has 0 aromatic heterocycles. The molecule has 0 spiro atoms. The van der Waals surface area contributed by atoms with Crippen LogP contribution in [0.3, 0.4) is 0 Å². The van der Waals surface area contributed by atoms with Gasteiger partial charge in [0.25, 0.3) is 0 Å². The van der Waals surface area contributed by atoms with Crippen LogP contribution in [0.15, 0.2) is 12.1 Å². The van der Waals surface area contributed by atoms with Crippen LogP contribution in [-0.2, 0) is 0 Å². The Balaban J connectivity index is 2.40. The molecule has 0 atom stereocenters. The quantitative estimate of drug-likeness (QED) is 0.0747. The highest BCUT2D eigenvalue weighted by Crippen LogP contribution is 2.29. The molecule has 0 amide bonds. The minimum Gasteiger partial charge on any atom is -0.492 e. The second-order valence-electron chi connectivity index (χ2n) is 10.4. The molecule has 0 heterocycles. The van der Waals surface area contributed by atoms with E-state index in [1.807, 2.05) is 12.1 Å². The predicted octanol–water partition coefficient (Wildman–Crippen LogP) is 10.8. The van der Waals surface area contributed by atoms with Crippen LogP contribution in [0.5, 0.6) is 11.5 Å². The molecule has 1 rings (SSSR count). The molecule has 0 fully saturated rings. The Labute approximate surface area is 246 Å². The van der Waals surface area contributed by atoms with Gasteiger partial charge in [-0.1, -0.05) is 167 Å². The SMILES string of the molecule is CCCCCCCCCCCCOc1cc(C#CS)c(OCCCCCCCCCCCC)cc1C#CS. The summed E-state index contributed by atoms with van der Waals surface area (Å²) >= 11 is 8.23. The fourth-order valence-corrected chi connectivity index (χ4v) is 4.90. The largest absolute Gasteiger partial charge is 0.492 e. The molecule has 0 aliphatic rings. The number of hydrogen-bond donors (Lipinski definition) is 2. The third-order valence-corrected chi connectivity index (χ3v) is 7.20. The molecule has 0 aliphatic carbocycles. The average Bonchev–Trinajstić information content (AvgIpc) is 2.92. The highest BCUT2D eigenvalue weighted by molar-refractivity contribution is 7.85. The Morgan fingerprint density at radius 1 is 0.474 bits per heavy atom. The summed E-state index contributed by atoms with van der Waals surface area (Å²) in [5.74, 6) is 7.62. The van der Waals surface area contributed by atoms with Crippen molar-refractivity contribution in [3.8, 4) is 33.8 Å². The molecular weight excluding hydrogens is 505 g/mol. The highest BCUT2D eigenvalue weighted by Gasteiger charge is 2.11. The first-order valence-corrected chi connectivity index (χ1v) is 16.4. The number of benzene rings is 1. The van der Waals surface area contributed by atoms with Gasteiger partial charge in [-0.05, 0) is 23.3 Å². The molecule has 0 unspecified atom stereocenters. The van der Waals surface area contributed by atoms with E-state index < -0.39 is 0 Å². The second-order valence-corrected chi connectivity index (χ2v) is 10.8. The third kappa shape index (κ3) is 18.0. The topological polar surface area (TPSA) is 18.5 Å². The maximum absolute atomic E-state index is 6.13. The van der Waals surface area contributed by atoms with E-state index in [4.69, 9.17) is 9.47 Å². The molecule has 2 nitrogen and oxygen atoms in total. The fourth-order valence-electron chi connectivity index (χ4n) is 4.66. The van der Waals surface area contributed by atoms with Gasteiger partial charge in [-0.2, -0.15) is 0 Å². The van der Waals surface area contributed by atoms with Crippen molar-refractivity contribution in [3.63, 3.8) is 0 Å². The molecule has 1 aromatic carbocycles. The molecule has 38 heavy (non-hydrogen) atoms. The Morgan fingerprint density at radius 3 is 1.05 bits per heavy atom. The summed E-state index contributed by atoms with van der Waals surface area (Å²) < 4.78 is 12.3. The van der Waals surface area contributed by atoms with Gasteiger partial charge in [-0.3, -0.25) is 0 Å².